The summed E-state index contributed by atoms with van der Waals surface area (Å²) in [5.74, 6) is -0.434. The van der Waals surface area contributed by atoms with Crippen molar-refractivity contribution in [3.05, 3.63) is 82.4 Å². The number of rotatable bonds is 5. The van der Waals surface area contributed by atoms with Gasteiger partial charge in [0.15, 0.2) is 0 Å². The van der Waals surface area contributed by atoms with Crippen molar-refractivity contribution in [3.63, 3.8) is 0 Å². The molecule has 4 amide bonds. The molecule has 0 radical (unpaired) electrons. The highest BCUT2D eigenvalue weighted by Gasteiger charge is 2.40. The molecule has 0 saturated carbocycles. The lowest BCUT2D eigenvalue weighted by Crippen LogP contribution is -2.31. The molecule has 156 valence electrons. The number of halogens is 1. The van der Waals surface area contributed by atoms with Gasteiger partial charge in [0, 0.05) is 26.3 Å². The van der Waals surface area contributed by atoms with Gasteiger partial charge in [-0.3, -0.25) is 9.59 Å². The maximum absolute atomic E-state index is 12.9. The number of benzene rings is 3. The van der Waals surface area contributed by atoms with E-state index in [1.165, 1.54) is 16.7 Å². The number of imide groups is 1. The Morgan fingerprint density at radius 2 is 1.58 bits per heavy atom. The summed E-state index contributed by atoms with van der Waals surface area (Å²) in [6, 6.07) is 23.3. The van der Waals surface area contributed by atoms with Crippen LogP contribution in [0, 0.1) is 3.57 Å². The molecule has 1 aliphatic heterocycles. The van der Waals surface area contributed by atoms with E-state index in [2.05, 4.69) is 33.2 Å². The molecule has 1 aliphatic rings. The van der Waals surface area contributed by atoms with Gasteiger partial charge in [0.2, 0.25) is 11.8 Å². The molecule has 1 saturated heterocycles. The Morgan fingerprint density at radius 1 is 0.903 bits per heavy atom. The third-order valence-corrected chi connectivity index (χ3v) is 6.49. The fourth-order valence-electron chi connectivity index (χ4n) is 3.18. The highest BCUT2D eigenvalue weighted by molar-refractivity contribution is 14.1. The normalized spacial score (nSPS) is 15.8. The van der Waals surface area contributed by atoms with E-state index >= 15 is 0 Å². The van der Waals surface area contributed by atoms with Crippen molar-refractivity contribution in [1.29, 1.82) is 0 Å². The number of carbonyl (C=O) groups is 3. The first-order valence-electron chi connectivity index (χ1n) is 9.52. The van der Waals surface area contributed by atoms with Crippen molar-refractivity contribution in [2.75, 3.05) is 15.5 Å². The Kier molecular flexibility index (Phi) is 6.57. The summed E-state index contributed by atoms with van der Waals surface area (Å²) < 4.78 is 1.03. The number of hydrogen-bond acceptors (Lipinski definition) is 4. The molecule has 3 aromatic carbocycles. The van der Waals surface area contributed by atoms with E-state index in [9.17, 15) is 14.4 Å². The van der Waals surface area contributed by atoms with Crippen LogP contribution in [0.4, 0.5) is 21.9 Å². The Balaban J connectivity index is 1.41. The first-order chi connectivity index (χ1) is 15.0. The number of anilines is 3. The predicted octanol–water partition coefficient (Wildman–Crippen LogP) is 5.36. The van der Waals surface area contributed by atoms with Gasteiger partial charge >= 0.3 is 6.03 Å². The standard InChI is InChI=1S/C23H18IN3O3S/c24-15-9-11-18(12-10-15)27-21(28)14-20(22(27)29)31-19-8-4-7-17(13-19)26-23(30)25-16-5-2-1-3-6-16/h1-13,20H,14H2,(H2,25,26,30)/t20-/m1/s1. The zero-order valence-electron chi connectivity index (χ0n) is 16.2. The summed E-state index contributed by atoms with van der Waals surface area (Å²) >= 11 is 3.50. The Hall–Kier alpha value is -2.85. The van der Waals surface area contributed by atoms with Gasteiger partial charge in [-0.2, -0.15) is 0 Å². The van der Waals surface area contributed by atoms with E-state index in [0.29, 0.717) is 17.1 Å². The van der Waals surface area contributed by atoms with Gasteiger partial charge in [0.1, 0.15) is 0 Å². The number of urea groups is 1. The molecule has 31 heavy (non-hydrogen) atoms. The van der Waals surface area contributed by atoms with Crippen molar-refractivity contribution < 1.29 is 14.4 Å². The maximum Gasteiger partial charge on any atom is 0.323 e. The van der Waals surface area contributed by atoms with E-state index in [0.717, 1.165) is 8.47 Å². The number of para-hydroxylation sites is 1. The summed E-state index contributed by atoms with van der Waals surface area (Å²) in [6.45, 7) is 0. The second-order valence-corrected chi connectivity index (χ2v) is 9.35. The molecular formula is C23H18IN3O3S. The maximum atomic E-state index is 12.9. The van der Waals surface area contributed by atoms with Gasteiger partial charge in [-0.15, -0.1) is 11.8 Å². The number of nitrogens with one attached hydrogen (secondary N) is 2. The minimum absolute atomic E-state index is 0.141. The molecule has 1 atom stereocenters. The van der Waals surface area contributed by atoms with Crippen LogP contribution in [-0.2, 0) is 9.59 Å². The number of thioether (sulfide) groups is 1. The SMILES string of the molecule is O=C(Nc1ccccc1)Nc1cccc(S[C@@H]2CC(=O)N(c3ccc(I)cc3)C2=O)c1. The molecule has 0 spiro atoms. The smallest absolute Gasteiger partial charge is 0.308 e. The van der Waals surface area contributed by atoms with Gasteiger partial charge in [0.05, 0.1) is 10.9 Å². The third-order valence-electron chi connectivity index (χ3n) is 4.59. The summed E-state index contributed by atoms with van der Waals surface area (Å²) in [5, 5.41) is 5.05. The molecule has 3 aromatic rings. The molecular weight excluding hydrogens is 525 g/mol. The van der Waals surface area contributed by atoms with Crippen molar-refractivity contribution in [2.45, 2.75) is 16.6 Å². The van der Waals surface area contributed by atoms with Gasteiger partial charge in [0.25, 0.3) is 0 Å². The molecule has 8 heteroatoms. The van der Waals surface area contributed by atoms with E-state index in [1.807, 2.05) is 36.4 Å². The molecule has 0 bridgehead atoms. The average Bonchev–Trinajstić information content (AvgIpc) is 3.02. The van der Waals surface area contributed by atoms with E-state index in [-0.39, 0.29) is 24.3 Å². The van der Waals surface area contributed by atoms with Crippen LogP contribution in [0.2, 0.25) is 0 Å². The first kappa shape index (κ1) is 21.4. The van der Waals surface area contributed by atoms with Gasteiger partial charge in [-0.25, -0.2) is 9.69 Å². The molecule has 0 aromatic heterocycles. The average molecular weight is 543 g/mol. The highest BCUT2D eigenvalue weighted by Crippen LogP contribution is 2.35. The monoisotopic (exact) mass is 543 g/mol. The van der Waals surface area contributed by atoms with E-state index in [4.69, 9.17) is 0 Å². The molecule has 1 fully saturated rings. The van der Waals surface area contributed by atoms with Crippen LogP contribution in [0.15, 0.2) is 83.8 Å². The van der Waals surface area contributed by atoms with Crippen LogP contribution in [0.3, 0.4) is 0 Å². The van der Waals surface area contributed by atoms with E-state index in [1.54, 1.807) is 42.5 Å². The van der Waals surface area contributed by atoms with Crippen molar-refractivity contribution in [3.8, 4) is 0 Å². The van der Waals surface area contributed by atoms with Crippen LogP contribution in [0.1, 0.15) is 6.42 Å². The molecule has 0 aliphatic carbocycles. The summed E-state index contributed by atoms with van der Waals surface area (Å²) in [4.78, 5) is 39.6. The minimum atomic E-state index is -0.500. The van der Waals surface area contributed by atoms with E-state index < -0.39 is 5.25 Å². The summed E-state index contributed by atoms with van der Waals surface area (Å²) in [5.41, 5.74) is 1.88. The lowest BCUT2D eigenvalue weighted by Gasteiger charge is -2.15. The number of carbonyl (C=O) groups excluding carboxylic acids is 3. The molecule has 0 unspecified atom stereocenters. The van der Waals surface area contributed by atoms with Crippen molar-refractivity contribution in [2.24, 2.45) is 0 Å². The summed E-state index contributed by atoms with van der Waals surface area (Å²) in [7, 11) is 0. The van der Waals surface area contributed by atoms with Gasteiger partial charge in [-0.1, -0.05) is 24.3 Å². The van der Waals surface area contributed by atoms with Crippen molar-refractivity contribution >= 4 is 69.3 Å². The van der Waals surface area contributed by atoms with Crippen LogP contribution >= 0.6 is 34.4 Å². The summed E-state index contributed by atoms with van der Waals surface area (Å²) in [6.07, 6.45) is 0.141. The Morgan fingerprint density at radius 3 is 2.32 bits per heavy atom. The molecule has 1 heterocycles. The van der Waals surface area contributed by atoms with Crippen LogP contribution in [0.5, 0.6) is 0 Å². The van der Waals surface area contributed by atoms with Crippen molar-refractivity contribution in [1.82, 2.24) is 0 Å². The Bertz CT molecular complexity index is 1120. The zero-order valence-corrected chi connectivity index (χ0v) is 19.2. The number of nitrogens with zero attached hydrogens (tertiary/aromatic N) is 1. The second-order valence-electron chi connectivity index (χ2n) is 6.83. The van der Waals surface area contributed by atoms with Crippen LogP contribution < -0.4 is 15.5 Å². The second kappa shape index (κ2) is 9.52. The number of amides is 4. The number of hydrogen-bond donors (Lipinski definition) is 2. The lowest BCUT2D eigenvalue weighted by atomic mass is 10.3. The Labute approximate surface area is 197 Å². The first-order valence-corrected chi connectivity index (χ1v) is 11.5. The third kappa shape index (κ3) is 5.26. The zero-order chi connectivity index (χ0) is 21.8. The highest BCUT2D eigenvalue weighted by atomic mass is 127. The quantitative estimate of drug-likeness (QED) is 0.336. The van der Waals surface area contributed by atoms with Crippen LogP contribution in [-0.4, -0.2) is 23.1 Å². The lowest BCUT2D eigenvalue weighted by molar-refractivity contribution is -0.121. The predicted molar refractivity (Wildman–Crippen MR) is 131 cm³/mol. The van der Waals surface area contributed by atoms with Gasteiger partial charge < -0.3 is 10.6 Å². The molecule has 4 rings (SSSR count). The fraction of sp³-hybridized carbons (Fsp3) is 0.0870. The van der Waals surface area contributed by atoms with Crippen LogP contribution in [0.25, 0.3) is 0 Å². The fourth-order valence-corrected chi connectivity index (χ4v) is 4.66. The molecule has 6 nitrogen and oxygen atoms in total. The molecule has 2 N–H and O–H groups in total. The minimum Gasteiger partial charge on any atom is -0.308 e. The largest absolute Gasteiger partial charge is 0.323 e. The topological polar surface area (TPSA) is 78.5 Å². The van der Waals surface area contributed by atoms with Gasteiger partial charge in [-0.05, 0) is 77.2 Å².